The van der Waals surface area contributed by atoms with Crippen molar-refractivity contribution in [2.75, 3.05) is 6.54 Å². The molecule has 0 radical (unpaired) electrons. The Kier molecular flexibility index (Phi) is 4.50. The van der Waals surface area contributed by atoms with Gasteiger partial charge in [-0.25, -0.2) is 4.39 Å². The largest absolute Gasteiger partial charge is 0.387 e. The van der Waals surface area contributed by atoms with E-state index in [1.54, 1.807) is 18.2 Å². The molecule has 0 saturated heterocycles. The van der Waals surface area contributed by atoms with Gasteiger partial charge < -0.3 is 10.8 Å². The van der Waals surface area contributed by atoms with Crippen LogP contribution >= 0.6 is 27.3 Å². The Balaban J connectivity index is 2.35. The SMILES string of the molecule is NCC(c1ccccc1F)C(O)c1sccc1Br. The molecule has 0 aliphatic carbocycles. The zero-order valence-electron chi connectivity index (χ0n) is 9.51. The van der Waals surface area contributed by atoms with Crippen molar-refractivity contribution < 1.29 is 9.50 Å². The van der Waals surface area contributed by atoms with E-state index in [2.05, 4.69) is 15.9 Å². The lowest BCUT2D eigenvalue weighted by molar-refractivity contribution is 0.148. The van der Waals surface area contributed by atoms with E-state index >= 15 is 0 Å². The first-order valence-corrected chi connectivity index (χ1v) is 7.18. The van der Waals surface area contributed by atoms with Crippen LogP contribution in [0.25, 0.3) is 0 Å². The average Bonchev–Trinajstić information content (AvgIpc) is 2.78. The number of aliphatic hydroxyl groups excluding tert-OH is 1. The summed E-state index contributed by atoms with van der Waals surface area (Å²) in [6.07, 6.45) is -0.804. The summed E-state index contributed by atoms with van der Waals surface area (Å²) in [5.74, 6) is -0.777. The first-order valence-electron chi connectivity index (χ1n) is 5.50. The van der Waals surface area contributed by atoms with Gasteiger partial charge in [-0.15, -0.1) is 11.3 Å². The fourth-order valence-electron chi connectivity index (χ4n) is 1.90. The number of rotatable bonds is 4. The second kappa shape index (κ2) is 5.93. The van der Waals surface area contributed by atoms with Crippen molar-refractivity contribution in [3.05, 3.63) is 56.4 Å². The number of benzene rings is 1. The molecule has 1 heterocycles. The summed E-state index contributed by atoms with van der Waals surface area (Å²) < 4.78 is 14.6. The molecule has 0 aliphatic heterocycles. The highest BCUT2D eigenvalue weighted by molar-refractivity contribution is 9.10. The molecule has 2 aromatic rings. The monoisotopic (exact) mass is 329 g/mol. The van der Waals surface area contributed by atoms with Crippen LogP contribution in [0.4, 0.5) is 4.39 Å². The van der Waals surface area contributed by atoms with Crippen LogP contribution in [0.1, 0.15) is 22.5 Å². The zero-order valence-corrected chi connectivity index (χ0v) is 11.9. The first kappa shape index (κ1) is 13.7. The highest BCUT2D eigenvalue weighted by Gasteiger charge is 2.26. The number of hydrogen-bond acceptors (Lipinski definition) is 3. The van der Waals surface area contributed by atoms with E-state index in [1.165, 1.54) is 17.4 Å². The highest BCUT2D eigenvalue weighted by atomic mass is 79.9. The average molecular weight is 330 g/mol. The molecular formula is C13H13BrFNOS. The summed E-state index contributed by atoms with van der Waals surface area (Å²) in [5, 5.41) is 12.2. The second-order valence-electron chi connectivity index (χ2n) is 3.94. The van der Waals surface area contributed by atoms with Crippen LogP contribution in [0.3, 0.4) is 0 Å². The standard InChI is InChI=1S/C13H13BrFNOS/c14-10-5-6-18-13(10)12(17)9(7-16)8-3-1-2-4-11(8)15/h1-6,9,12,17H,7,16H2. The highest BCUT2D eigenvalue weighted by Crippen LogP contribution is 2.37. The van der Waals surface area contributed by atoms with Crippen molar-refractivity contribution >= 4 is 27.3 Å². The van der Waals surface area contributed by atoms with Crippen molar-refractivity contribution in [2.45, 2.75) is 12.0 Å². The molecule has 0 saturated carbocycles. The van der Waals surface area contributed by atoms with Crippen molar-refractivity contribution in [1.82, 2.24) is 0 Å². The summed E-state index contributed by atoms with van der Waals surface area (Å²) in [7, 11) is 0. The van der Waals surface area contributed by atoms with Gasteiger partial charge in [-0.1, -0.05) is 18.2 Å². The van der Waals surface area contributed by atoms with Gasteiger partial charge in [0.1, 0.15) is 5.82 Å². The minimum absolute atomic E-state index is 0.187. The molecule has 18 heavy (non-hydrogen) atoms. The normalized spacial score (nSPS) is 14.4. The summed E-state index contributed by atoms with van der Waals surface area (Å²) >= 11 is 4.80. The van der Waals surface area contributed by atoms with Crippen molar-refractivity contribution in [2.24, 2.45) is 5.73 Å². The van der Waals surface area contributed by atoms with E-state index in [-0.39, 0.29) is 12.4 Å². The van der Waals surface area contributed by atoms with Gasteiger partial charge in [0.2, 0.25) is 0 Å². The van der Waals surface area contributed by atoms with Crippen molar-refractivity contribution in [3.63, 3.8) is 0 Å². The Labute approximate surface area is 117 Å². The van der Waals surface area contributed by atoms with Gasteiger partial charge in [0, 0.05) is 21.8 Å². The summed E-state index contributed by atoms with van der Waals surface area (Å²) in [6, 6.07) is 8.28. The third kappa shape index (κ3) is 2.64. The fraction of sp³-hybridized carbons (Fsp3) is 0.231. The maximum atomic E-state index is 13.8. The number of thiophene rings is 1. The van der Waals surface area contributed by atoms with Crippen LogP contribution < -0.4 is 5.73 Å². The molecule has 2 unspecified atom stereocenters. The van der Waals surface area contributed by atoms with Gasteiger partial charge >= 0.3 is 0 Å². The third-order valence-corrected chi connectivity index (χ3v) is 4.79. The van der Waals surface area contributed by atoms with Gasteiger partial charge in [0.25, 0.3) is 0 Å². The third-order valence-electron chi connectivity index (χ3n) is 2.85. The maximum Gasteiger partial charge on any atom is 0.126 e. The number of halogens is 2. The predicted octanol–water partition coefficient (Wildman–Crippen LogP) is 3.43. The number of hydrogen-bond donors (Lipinski definition) is 2. The van der Waals surface area contributed by atoms with Gasteiger partial charge in [-0.3, -0.25) is 0 Å². The molecule has 0 fully saturated rings. The molecular weight excluding hydrogens is 317 g/mol. The van der Waals surface area contributed by atoms with E-state index < -0.39 is 12.0 Å². The Hall–Kier alpha value is -0.750. The number of aliphatic hydroxyl groups is 1. The molecule has 0 amide bonds. The first-order chi connectivity index (χ1) is 8.65. The van der Waals surface area contributed by atoms with Crippen LogP contribution in [-0.2, 0) is 0 Å². The molecule has 0 aliphatic rings. The predicted molar refractivity (Wildman–Crippen MR) is 75.2 cm³/mol. The Morgan fingerprint density at radius 2 is 2.06 bits per heavy atom. The van der Waals surface area contributed by atoms with E-state index in [0.717, 1.165) is 9.35 Å². The molecule has 96 valence electrons. The van der Waals surface area contributed by atoms with Gasteiger partial charge in [0.05, 0.1) is 6.10 Å². The van der Waals surface area contributed by atoms with Crippen LogP contribution in [0.5, 0.6) is 0 Å². The number of nitrogens with two attached hydrogens (primary N) is 1. The quantitative estimate of drug-likeness (QED) is 0.902. The molecule has 2 nitrogen and oxygen atoms in total. The summed E-state index contributed by atoms with van der Waals surface area (Å²) in [5.41, 5.74) is 6.15. The second-order valence-corrected chi connectivity index (χ2v) is 5.74. The van der Waals surface area contributed by atoms with Crippen LogP contribution in [0, 0.1) is 5.82 Å². The molecule has 2 atom stereocenters. The van der Waals surface area contributed by atoms with Gasteiger partial charge in [0.15, 0.2) is 0 Å². The molecule has 5 heteroatoms. The van der Waals surface area contributed by atoms with Crippen molar-refractivity contribution in [1.29, 1.82) is 0 Å². The molecule has 0 spiro atoms. The summed E-state index contributed by atoms with van der Waals surface area (Å²) in [4.78, 5) is 0.772. The molecule has 2 rings (SSSR count). The van der Waals surface area contributed by atoms with E-state index in [9.17, 15) is 9.50 Å². The molecule has 3 N–H and O–H groups in total. The Morgan fingerprint density at radius 1 is 1.33 bits per heavy atom. The smallest absolute Gasteiger partial charge is 0.126 e. The lowest BCUT2D eigenvalue weighted by atomic mass is 9.92. The van der Waals surface area contributed by atoms with Crippen LogP contribution in [0.15, 0.2) is 40.2 Å². The van der Waals surface area contributed by atoms with Crippen LogP contribution in [-0.4, -0.2) is 11.7 Å². The topological polar surface area (TPSA) is 46.2 Å². The maximum absolute atomic E-state index is 13.8. The van der Waals surface area contributed by atoms with Gasteiger partial charge in [-0.05, 0) is 39.0 Å². The Bertz CT molecular complexity index is 531. The fourth-order valence-corrected chi connectivity index (χ4v) is 3.56. The molecule has 1 aromatic carbocycles. The van der Waals surface area contributed by atoms with Gasteiger partial charge in [-0.2, -0.15) is 0 Å². The van der Waals surface area contributed by atoms with E-state index in [0.29, 0.717) is 5.56 Å². The molecule has 0 bridgehead atoms. The summed E-state index contributed by atoms with van der Waals surface area (Å²) in [6.45, 7) is 0.187. The zero-order chi connectivity index (χ0) is 13.1. The Morgan fingerprint density at radius 3 is 2.61 bits per heavy atom. The lowest BCUT2D eigenvalue weighted by Crippen LogP contribution is -2.20. The minimum Gasteiger partial charge on any atom is -0.387 e. The van der Waals surface area contributed by atoms with E-state index in [1.807, 2.05) is 11.4 Å². The van der Waals surface area contributed by atoms with Crippen molar-refractivity contribution in [3.8, 4) is 0 Å². The van der Waals surface area contributed by atoms with E-state index in [4.69, 9.17) is 5.73 Å². The minimum atomic E-state index is -0.804. The van der Waals surface area contributed by atoms with Crippen LogP contribution in [0.2, 0.25) is 0 Å². The lowest BCUT2D eigenvalue weighted by Gasteiger charge is -2.22. The molecule has 1 aromatic heterocycles.